The van der Waals surface area contributed by atoms with E-state index >= 15 is 0 Å². The second-order valence-electron chi connectivity index (χ2n) is 6.88. The molecule has 2 aromatic rings. The van der Waals surface area contributed by atoms with Crippen molar-refractivity contribution in [2.24, 2.45) is 5.92 Å². The van der Waals surface area contributed by atoms with Gasteiger partial charge < -0.3 is 10.2 Å². The van der Waals surface area contributed by atoms with Gasteiger partial charge in [0.25, 0.3) is 5.91 Å². The van der Waals surface area contributed by atoms with E-state index in [0.29, 0.717) is 35.8 Å². The molecule has 1 aliphatic heterocycles. The molecular formula is C20H21ClN2O4S. The summed E-state index contributed by atoms with van der Waals surface area (Å²) in [6, 6.07) is 12.7. The van der Waals surface area contributed by atoms with E-state index in [1.54, 1.807) is 41.3 Å². The Hall–Kier alpha value is -2.38. The first-order valence-electron chi connectivity index (χ1n) is 8.90. The minimum absolute atomic E-state index is 0.119. The van der Waals surface area contributed by atoms with Crippen LogP contribution < -0.4 is 5.32 Å². The van der Waals surface area contributed by atoms with Gasteiger partial charge in [0.15, 0.2) is 9.84 Å². The molecule has 2 amide bonds. The van der Waals surface area contributed by atoms with Gasteiger partial charge in [-0.15, -0.1) is 0 Å². The second kappa shape index (κ2) is 8.32. The van der Waals surface area contributed by atoms with E-state index in [-0.39, 0.29) is 22.6 Å². The van der Waals surface area contributed by atoms with Crippen LogP contribution in [0.4, 0.5) is 5.69 Å². The lowest BCUT2D eigenvalue weighted by molar-refractivity contribution is -0.121. The smallest absolute Gasteiger partial charge is 0.253 e. The molecule has 2 aromatic carbocycles. The highest BCUT2D eigenvalue weighted by Crippen LogP contribution is 2.22. The van der Waals surface area contributed by atoms with Gasteiger partial charge in [-0.2, -0.15) is 0 Å². The molecule has 0 spiro atoms. The van der Waals surface area contributed by atoms with Gasteiger partial charge in [-0.05, 0) is 61.4 Å². The molecule has 0 aliphatic carbocycles. The summed E-state index contributed by atoms with van der Waals surface area (Å²) in [5, 5.41) is 3.37. The number of benzene rings is 2. The molecule has 6 nitrogen and oxygen atoms in total. The number of likely N-dealkylation sites (tertiary alicyclic amines) is 1. The van der Waals surface area contributed by atoms with Crippen LogP contribution in [-0.4, -0.2) is 44.5 Å². The number of halogens is 1. The Morgan fingerprint density at radius 3 is 2.32 bits per heavy atom. The monoisotopic (exact) mass is 420 g/mol. The quantitative estimate of drug-likeness (QED) is 0.823. The number of amides is 2. The first-order valence-corrected chi connectivity index (χ1v) is 11.2. The zero-order valence-electron chi connectivity index (χ0n) is 15.4. The summed E-state index contributed by atoms with van der Waals surface area (Å²) in [7, 11) is -3.28. The minimum Gasteiger partial charge on any atom is -0.338 e. The highest BCUT2D eigenvalue weighted by atomic mass is 35.5. The maximum atomic E-state index is 12.7. The van der Waals surface area contributed by atoms with Crippen LogP contribution in [-0.2, 0) is 14.6 Å². The van der Waals surface area contributed by atoms with Gasteiger partial charge >= 0.3 is 0 Å². The molecule has 28 heavy (non-hydrogen) atoms. The van der Waals surface area contributed by atoms with E-state index < -0.39 is 9.84 Å². The maximum absolute atomic E-state index is 12.7. The van der Waals surface area contributed by atoms with Crippen molar-refractivity contribution in [1.29, 1.82) is 0 Å². The highest BCUT2D eigenvalue weighted by molar-refractivity contribution is 7.90. The summed E-state index contributed by atoms with van der Waals surface area (Å²) in [5.74, 6) is -0.619. The number of nitrogens with zero attached hydrogens (tertiary/aromatic N) is 1. The Kier molecular flexibility index (Phi) is 6.05. The molecule has 3 rings (SSSR count). The van der Waals surface area contributed by atoms with Crippen LogP contribution in [0.3, 0.4) is 0 Å². The molecule has 8 heteroatoms. The van der Waals surface area contributed by atoms with E-state index in [0.717, 1.165) is 12.7 Å². The molecule has 0 bridgehead atoms. The molecule has 148 valence electrons. The van der Waals surface area contributed by atoms with Crippen molar-refractivity contribution < 1.29 is 18.0 Å². The Morgan fingerprint density at radius 1 is 1.07 bits per heavy atom. The summed E-state index contributed by atoms with van der Waals surface area (Å²) in [6.45, 7) is 0.947. The third-order valence-corrected chi connectivity index (χ3v) is 6.10. The molecule has 1 fully saturated rings. The number of hydrogen-bond acceptors (Lipinski definition) is 4. The maximum Gasteiger partial charge on any atom is 0.253 e. The topological polar surface area (TPSA) is 83.6 Å². The normalized spacial score (nSPS) is 17.2. The van der Waals surface area contributed by atoms with Crippen molar-refractivity contribution in [3.63, 3.8) is 0 Å². The lowest BCUT2D eigenvalue weighted by Crippen LogP contribution is -2.43. The standard InChI is InChI=1S/C20H21ClN2O4S/c1-28(26,27)18-10-8-17(9-11-18)22-19(24)15-3-2-12-23(13-15)20(25)14-4-6-16(21)7-5-14/h4-11,15H,2-3,12-13H2,1H3,(H,22,24)/t15-/m1/s1. The van der Waals surface area contributed by atoms with Crippen LogP contribution >= 0.6 is 11.6 Å². The van der Waals surface area contributed by atoms with Crippen molar-refractivity contribution in [2.45, 2.75) is 17.7 Å². The predicted molar refractivity (Wildman–Crippen MR) is 108 cm³/mol. The number of hydrogen-bond donors (Lipinski definition) is 1. The third kappa shape index (κ3) is 4.91. The molecule has 0 aromatic heterocycles. The largest absolute Gasteiger partial charge is 0.338 e. The van der Waals surface area contributed by atoms with Crippen LogP contribution in [0.15, 0.2) is 53.4 Å². The van der Waals surface area contributed by atoms with Gasteiger partial charge in [0, 0.05) is 35.6 Å². The average molecular weight is 421 g/mol. The zero-order chi connectivity index (χ0) is 20.3. The fourth-order valence-electron chi connectivity index (χ4n) is 3.18. The van der Waals surface area contributed by atoms with Crippen molar-refractivity contribution in [3.8, 4) is 0 Å². The number of rotatable bonds is 4. The number of anilines is 1. The zero-order valence-corrected chi connectivity index (χ0v) is 17.0. The molecule has 0 saturated carbocycles. The van der Waals surface area contributed by atoms with Crippen LogP contribution in [0, 0.1) is 5.92 Å². The van der Waals surface area contributed by atoms with E-state index in [9.17, 15) is 18.0 Å². The first kappa shape index (κ1) is 20.4. The average Bonchev–Trinajstić information content (AvgIpc) is 2.68. The van der Waals surface area contributed by atoms with Crippen LogP contribution in [0.1, 0.15) is 23.2 Å². The van der Waals surface area contributed by atoms with E-state index in [4.69, 9.17) is 11.6 Å². The molecule has 1 heterocycles. The molecule has 1 atom stereocenters. The van der Waals surface area contributed by atoms with Gasteiger partial charge in [-0.3, -0.25) is 9.59 Å². The highest BCUT2D eigenvalue weighted by Gasteiger charge is 2.29. The number of carbonyl (C=O) groups is 2. The van der Waals surface area contributed by atoms with Crippen LogP contribution in [0.5, 0.6) is 0 Å². The minimum atomic E-state index is -3.28. The first-order chi connectivity index (χ1) is 13.2. The predicted octanol–water partition coefficient (Wildman–Crippen LogP) is 3.23. The summed E-state index contributed by atoms with van der Waals surface area (Å²) in [6.07, 6.45) is 2.57. The van der Waals surface area contributed by atoms with Gasteiger partial charge in [-0.1, -0.05) is 11.6 Å². The molecule has 0 radical (unpaired) electrons. The molecule has 1 N–H and O–H groups in total. The summed E-state index contributed by atoms with van der Waals surface area (Å²) in [5.41, 5.74) is 1.07. The molecular weight excluding hydrogens is 400 g/mol. The fourth-order valence-corrected chi connectivity index (χ4v) is 3.94. The lowest BCUT2D eigenvalue weighted by Gasteiger charge is -2.32. The lowest BCUT2D eigenvalue weighted by atomic mass is 9.96. The Morgan fingerprint density at radius 2 is 1.71 bits per heavy atom. The summed E-state index contributed by atoms with van der Waals surface area (Å²) in [4.78, 5) is 27.2. The van der Waals surface area contributed by atoms with Crippen molar-refractivity contribution in [1.82, 2.24) is 4.90 Å². The summed E-state index contributed by atoms with van der Waals surface area (Å²) >= 11 is 5.87. The summed E-state index contributed by atoms with van der Waals surface area (Å²) < 4.78 is 23.0. The van der Waals surface area contributed by atoms with Gasteiger partial charge in [0.2, 0.25) is 5.91 Å². The van der Waals surface area contributed by atoms with E-state index in [1.807, 2.05) is 0 Å². The Balaban J connectivity index is 1.64. The molecule has 1 saturated heterocycles. The van der Waals surface area contributed by atoms with Crippen molar-refractivity contribution >= 4 is 38.9 Å². The van der Waals surface area contributed by atoms with Crippen LogP contribution in [0.2, 0.25) is 5.02 Å². The number of piperidine rings is 1. The number of sulfone groups is 1. The fraction of sp³-hybridized carbons (Fsp3) is 0.300. The third-order valence-electron chi connectivity index (χ3n) is 4.72. The van der Waals surface area contributed by atoms with Gasteiger partial charge in [-0.25, -0.2) is 8.42 Å². The molecule has 1 aliphatic rings. The Labute approximate surface area is 169 Å². The van der Waals surface area contributed by atoms with Crippen molar-refractivity contribution in [2.75, 3.05) is 24.7 Å². The SMILES string of the molecule is CS(=O)(=O)c1ccc(NC(=O)[C@@H]2CCCN(C(=O)c3ccc(Cl)cc3)C2)cc1. The second-order valence-corrected chi connectivity index (χ2v) is 9.34. The number of carbonyl (C=O) groups excluding carboxylic acids is 2. The number of nitrogens with one attached hydrogen (secondary N) is 1. The van der Waals surface area contributed by atoms with E-state index in [1.165, 1.54) is 12.1 Å². The van der Waals surface area contributed by atoms with Crippen molar-refractivity contribution in [3.05, 3.63) is 59.1 Å². The Bertz CT molecular complexity index is 972. The van der Waals surface area contributed by atoms with Gasteiger partial charge in [0.1, 0.15) is 0 Å². The van der Waals surface area contributed by atoms with Gasteiger partial charge in [0.05, 0.1) is 10.8 Å². The van der Waals surface area contributed by atoms with Crippen LogP contribution in [0.25, 0.3) is 0 Å². The molecule has 0 unspecified atom stereocenters. The van der Waals surface area contributed by atoms with E-state index in [2.05, 4.69) is 5.32 Å².